The highest BCUT2D eigenvalue weighted by atomic mass is 16.3. The van der Waals surface area contributed by atoms with Gasteiger partial charge in [0.05, 0.1) is 24.3 Å². The van der Waals surface area contributed by atoms with Gasteiger partial charge < -0.3 is 10.4 Å². The predicted octanol–water partition coefficient (Wildman–Crippen LogP) is 2.94. The zero-order valence-electron chi connectivity index (χ0n) is 11.5. The predicted molar refractivity (Wildman–Crippen MR) is 79.0 cm³/mol. The van der Waals surface area contributed by atoms with Crippen molar-refractivity contribution in [1.82, 2.24) is 5.32 Å². The minimum atomic E-state index is -0.0955. The molecule has 20 heavy (non-hydrogen) atoms. The van der Waals surface area contributed by atoms with E-state index in [9.17, 15) is 5.11 Å². The van der Waals surface area contributed by atoms with Crippen LogP contribution < -0.4 is 5.32 Å². The van der Waals surface area contributed by atoms with Gasteiger partial charge in [-0.25, -0.2) is 0 Å². The molecule has 0 bridgehead atoms. The number of nitrogens with one attached hydrogen (secondary N) is 1. The fraction of sp³-hybridized carbons (Fsp3) is 0.235. The molecule has 0 heterocycles. The zero-order chi connectivity index (χ0) is 14.4. The van der Waals surface area contributed by atoms with Crippen LogP contribution in [0.25, 0.3) is 0 Å². The molecule has 102 valence electrons. The van der Waals surface area contributed by atoms with Crippen molar-refractivity contribution < 1.29 is 5.11 Å². The molecule has 3 heteroatoms. The Hall–Kier alpha value is -2.15. The molecule has 2 atom stereocenters. The van der Waals surface area contributed by atoms with Crippen molar-refractivity contribution in [2.45, 2.75) is 19.0 Å². The number of hydrogen-bond acceptors (Lipinski definition) is 3. The van der Waals surface area contributed by atoms with Crippen LogP contribution in [0.2, 0.25) is 0 Å². The molecule has 2 N–H and O–H groups in total. The second-order valence-electron chi connectivity index (χ2n) is 4.77. The molecule has 0 saturated heterocycles. The molecule has 0 amide bonds. The number of rotatable bonds is 5. The number of aliphatic hydroxyl groups is 1. The molecule has 3 nitrogen and oxygen atoms in total. The Balaban J connectivity index is 2.09. The van der Waals surface area contributed by atoms with Gasteiger partial charge in [-0.3, -0.25) is 0 Å². The van der Waals surface area contributed by atoms with Gasteiger partial charge in [0.2, 0.25) is 0 Å². The lowest BCUT2D eigenvalue weighted by Crippen LogP contribution is -2.27. The maximum Gasteiger partial charge on any atom is 0.0991 e. The van der Waals surface area contributed by atoms with Crippen molar-refractivity contribution in [3.63, 3.8) is 0 Å². The monoisotopic (exact) mass is 266 g/mol. The van der Waals surface area contributed by atoms with E-state index in [-0.39, 0.29) is 18.7 Å². The topological polar surface area (TPSA) is 56.0 Å². The van der Waals surface area contributed by atoms with Crippen molar-refractivity contribution >= 4 is 0 Å². The largest absolute Gasteiger partial charge is 0.394 e. The van der Waals surface area contributed by atoms with Gasteiger partial charge in [-0.15, -0.1) is 0 Å². The molecule has 0 saturated carbocycles. The van der Waals surface area contributed by atoms with Crippen LogP contribution in [0.4, 0.5) is 0 Å². The summed E-state index contributed by atoms with van der Waals surface area (Å²) in [4.78, 5) is 0. The number of aliphatic hydroxyl groups excluding tert-OH is 1. The van der Waals surface area contributed by atoms with Crippen molar-refractivity contribution in [3.8, 4) is 6.07 Å². The first-order valence-electron chi connectivity index (χ1n) is 6.66. The van der Waals surface area contributed by atoms with E-state index in [1.807, 2.05) is 61.5 Å². The standard InChI is InChI=1S/C17H18N2O/c1-13(15-9-7-14(11-18)8-10-15)19-17(12-20)16-5-3-2-4-6-16/h2-10,13,17,19-20H,12H2,1H3/t13?,17-/m1/s1. The molecule has 0 aliphatic carbocycles. The molecule has 2 aromatic rings. The lowest BCUT2D eigenvalue weighted by molar-refractivity contribution is 0.235. The van der Waals surface area contributed by atoms with Gasteiger partial charge in [0, 0.05) is 6.04 Å². The van der Waals surface area contributed by atoms with Crippen LogP contribution in [0.3, 0.4) is 0 Å². The van der Waals surface area contributed by atoms with E-state index >= 15 is 0 Å². The van der Waals surface area contributed by atoms with Crippen molar-refractivity contribution in [3.05, 3.63) is 71.3 Å². The smallest absolute Gasteiger partial charge is 0.0991 e. The van der Waals surface area contributed by atoms with Crippen LogP contribution in [-0.2, 0) is 0 Å². The van der Waals surface area contributed by atoms with Crippen molar-refractivity contribution in [2.24, 2.45) is 0 Å². The maximum atomic E-state index is 9.55. The molecular formula is C17H18N2O. The Morgan fingerprint density at radius 2 is 1.70 bits per heavy atom. The van der Waals surface area contributed by atoms with E-state index in [1.54, 1.807) is 0 Å². The van der Waals surface area contributed by atoms with E-state index in [2.05, 4.69) is 11.4 Å². The van der Waals surface area contributed by atoms with Crippen LogP contribution >= 0.6 is 0 Å². The summed E-state index contributed by atoms with van der Waals surface area (Å²) in [5.41, 5.74) is 2.82. The summed E-state index contributed by atoms with van der Waals surface area (Å²) in [6, 6.07) is 19.5. The van der Waals surface area contributed by atoms with E-state index in [0.717, 1.165) is 11.1 Å². The number of nitrogens with zero attached hydrogens (tertiary/aromatic N) is 1. The van der Waals surface area contributed by atoms with E-state index < -0.39 is 0 Å². The lowest BCUT2D eigenvalue weighted by atomic mass is 10.0. The van der Waals surface area contributed by atoms with Crippen LogP contribution in [0, 0.1) is 11.3 Å². The minimum absolute atomic E-state index is 0.0463. The zero-order valence-corrected chi connectivity index (χ0v) is 11.5. The van der Waals surface area contributed by atoms with Gasteiger partial charge in [-0.05, 0) is 30.2 Å². The second-order valence-corrected chi connectivity index (χ2v) is 4.77. The molecule has 0 fully saturated rings. The quantitative estimate of drug-likeness (QED) is 0.874. The van der Waals surface area contributed by atoms with Gasteiger partial charge in [0.15, 0.2) is 0 Å². The lowest BCUT2D eigenvalue weighted by Gasteiger charge is -2.22. The summed E-state index contributed by atoms with van der Waals surface area (Å²) in [5, 5.41) is 21.8. The molecule has 0 radical (unpaired) electrons. The van der Waals surface area contributed by atoms with Crippen LogP contribution in [-0.4, -0.2) is 11.7 Å². The Bertz CT molecular complexity index is 572. The Morgan fingerprint density at radius 1 is 1.05 bits per heavy atom. The third-order valence-electron chi connectivity index (χ3n) is 3.38. The van der Waals surface area contributed by atoms with Crippen molar-refractivity contribution in [2.75, 3.05) is 6.61 Å². The molecule has 0 spiro atoms. The summed E-state index contributed by atoms with van der Waals surface area (Å²) in [7, 11) is 0. The molecule has 2 rings (SSSR count). The van der Waals surface area contributed by atoms with Crippen LogP contribution in [0.15, 0.2) is 54.6 Å². The normalized spacial score (nSPS) is 13.4. The minimum Gasteiger partial charge on any atom is -0.394 e. The average molecular weight is 266 g/mol. The Morgan fingerprint density at radius 3 is 2.25 bits per heavy atom. The van der Waals surface area contributed by atoms with E-state index in [4.69, 9.17) is 5.26 Å². The molecule has 0 aromatic heterocycles. The van der Waals surface area contributed by atoms with Crippen LogP contribution in [0.1, 0.15) is 35.7 Å². The number of benzene rings is 2. The first-order valence-corrected chi connectivity index (χ1v) is 6.66. The summed E-state index contributed by atoms with van der Waals surface area (Å²) < 4.78 is 0. The number of hydrogen-bond donors (Lipinski definition) is 2. The third kappa shape index (κ3) is 3.45. The molecule has 0 aliphatic heterocycles. The van der Waals surface area contributed by atoms with Crippen molar-refractivity contribution in [1.29, 1.82) is 5.26 Å². The summed E-state index contributed by atoms with van der Waals surface area (Å²) in [5.74, 6) is 0. The highest BCUT2D eigenvalue weighted by Gasteiger charge is 2.14. The Kier molecular flexibility index (Phi) is 4.89. The molecule has 0 aliphatic rings. The highest BCUT2D eigenvalue weighted by molar-refractivity contribution is 5.33. The second kappa shape index (κ2) is 6.85. The fourth-order valence-electron chi connectivity index (χ4n) is 2.18. The summed E-state index contributed by atoms with van der Waals surface area (Å²) in [6.45, 7) is 2.09. The summed E-state index contributed by atoms with van der Waals surface area (Å²) in [6.07, 6.45) is 0. The van der Waals surface area contributed by atoms with Gasteiger partial charge in [-0.1, -0.05) is 42.5 Å². The van der Waals surface area contributed by atoms with E-state index in [0.29, 0.717) is 5.56 Å². The fourth-order valence-corrected chi connectivity index (χ4v) is 2.18. The number of nitriles is 1. The van der Waals surface area contributed by atoms with Gasteiger partial charge in [-0.2, -0.15) is 5.26 Å². The Labute approximate surface area is 119 Å². The highest BCUT2D eigenvalue weighted by Crippen LogP contribution is 2.19. The van der Waals surface area contributed by atoms with Gasteiger partial charge in [0.1, 0.15) is 0 Å². The summed E-state index contributed by atoms with van der Waals surface area (Å²) >= 11 is 0. The molecule has 1 unspecified atom stereocenters. The third-order valence-corrected chi connectivity index (χ3v) is 3.38. The van der Waals surface area contributed by atoms with Gasteiger partial charge >= 0.3 is 0 Å². The SMILES string of the molecule is CC(N[C@H](CO)c1ccccc1)c1ccc(C#N)cc1. The van der Waals surface area contributed by atoms with Gasteiger partial charge in [0.25, 0.3) is 0 Å². The van der Waals surface area contributed by atoms with Crippen LogP contribution in [0.5, 0.6) is 0 Å². The first kappa shape index (κ1) is 14.3. The van der Waals surface area contributed by atoms with E-state index in [1.165, 1.54) is 0 Å². The average Bonchev–Trinajstić information content (AvgIpc) is 2.53. The first-order chi connectivity index (χ1) is 9.74. The maximum absolute atomic E-state index is 9.55. The molecular weight excluding hydrogens is 248 g/mol. The molecule has 2 aromatic carbocycles.